The lowest BCUT2D eigenvalue weighted by Crippen LogP contribution is -2.52. The Hall–Kier alpha value is -3.27. The van der Waals surface area contributed by atoms with Crippen LogP contribution in [0.4, 0.5) is 5.69 Å². The molecule has 1 fully saturated rings. The monoisotopic (exact) mass is 529 g/mol. The Morgan fingerprint density at radius 3 is 2.49 bits per heavy atom. The van der Waals surface area contributed by atoms with E-state index in [-0.39, 0.29) is 31.0 Å². The van der Waals surface area contributed by atoms with Crippen molar-refractivity contribution < 1.29 is 27.5 Å². The molecule has 2 amide bonds. The molecule has 0 aromatic heterocycles. The van der Waals surface area contributed by atoms with Crippen molar-refractivity contribution in [3.05, 3.63) is 53.6 Å². The number of hydrogen-bond acceptors (Lipinski definition) is 6. The number of anilines is 1. The molecule has 2 aromatic carbocycles. The molecule has 2 aliphatic rings. The van der Waals surface area contributed by atoms with E-state index in [1.54, 1.807) is 25.1 Å². The molecule has 9 nitrogen and oxygen atoms in total. The second-order valence-corrected chi connectivity index (χ2v) is 11.7. The number of nitrogens with zero attached hydrogens (tertiary/aromatic N) is 2. The van der Waals surface area contributed by atoms with Gasteiger partial charge in [0.1, 0.15) is 12.6 Å². The molecule has 0 spiro atoms. The molecule has 1 aliphatic carbocycles. The van der Waals surface area contributed by atoms with E-state index in [0.717, 1.165) is 41.1 Å². The summed E-state index contributed by atoms with van der Waals surface area (Å²) in [6, 6.07) is 11.8. The predicted octanol–water partition coefficient (Wildman–Crippen LogP) is 3.36. The average Bonchev–Trinajstić information content (AvgIpc) is 3.57. The van der Waals surface area contributed by atoms with Crippen LogP contribution in [0.15, 0.2) is 42.5 Å². The van der Waals surface area contributed by atoms with Gasteiger partial charge in [-0.2, -0.15) is 0 Å². The number of amides is 2. The lowest BCUT2D eigenvalue weighted by molar-refractivity contribution is -0.139. The molecule has 1 aliphatic heterocycles. The van der Waals surface area contributed by atoms with Crippen LogP contribution in [-0.4, -0.2) is 56.3 Å². The number of carbonyl (C=O) groups excluding carboxylic acids is 2. The second kappa shape index (κ2) is 11.4. The van der Waals surface area contributed by atoms with Gasteiger partial charge in [-0.1, -0.05) is 37.1 Å². The minimum Gasteiger partial charge on any atom is -0.454 e. The van der Waals surface area contributed by atoms with Gasteiger partial charge < -0.3 is 19.7 Å². The molecule has 1 saturated carbocycles. The predicted molar refractivity (Wildman–Crippen MR) is 141 cm³/mol. The summed E-state index contributed by atoms with van der Waals surface area (Å²) in [6.07, 6.45) is 4.00. The van der Waals surface area contributed by atoms with E-state index >= 15 is 0 Å². The number of hydrogen-bond donors (Lipinski definition) is 1. The van der Waals surface area contributed by atoms with Gasteiger partial charge in [0, 0.05) is 18.7 Å². The zero-order valence-electron chi connectivity index (χ0n) is 21.6. The summed E-state index contributed by atoms with van der Waals surface area (Å²) in [5.74, 6) is 0.0444. The van der Waals surface area contributed by atoms with Crippen LogP contribution in [0.2, 0.25) is 0 Å². The molecule has 10 heteroatoms. The van der Waals surface area contributed by atoms with Gasteiger partial charge in [0.25, 0.3) is 0 Å². The van der Waals surface area contributed by atoms with Crippen molar-refractivity contribution in [1.82, 2.24) is 10.2 Å². The van der Waals surface area contributed by atoms with Crippen LogP contribution in [0.25, 0.3) is 0 Å². The fraction of sp³-hybridized carbons (Fsp3) is 0.481. The number of nitrogens with one attached hydrogen (secondary N) is 1. The summed E-state index contributed by atoms with van der Waals surface area (Å²) in [6.45, 7) is 4.97. The van der Waals surface area contributed by atoms with E-state index in [1.807, 2.05) is 31.2 Å². The van der Waals surface area contributed by atoms with E-state index in [1.165, 1.54) is 11.8 Å². The first-order valence-electron chi connectivity index (χ1n) is 12.7. The van der Waals surface area contributed by atoms with Crippen molar-refractivity contribution in [3.63, 3.8) is 0 Å². The van der Waals surface area contributed by atoms with Crippen LogP contribution >= 0.6 is 0 Å². The average molecular weight is 530 g/mol. The summed E-state index contributed by atoms with van der Waals surface area (Å²) >= 11 is 0. The Labute approximate surface area is 218 Å². The molecule has 2 aromatic rings. The third-order valence-corrected chi connectivity index (χ3v) is 8.84. The molecule has 0 bridgehead atoms. The van der Waals surface area contributed by atoms with Crippen molar-refractivity contribution in [2.75, 3.05) is 23.4 Å². The fourth-order valence-corrected chi connectivity index (χ4v) is 5.76. The Morgan fingerprint density at radius 2 is 1.78 bits per heavy atom. The highest BCUT2D eigenvalue weighted by molar-refractivity contribution is 7.92. The maximum absolute atomic E-state index is 13.8. The molecular formula is C27H35N3O6S. The summed E-state index contributed by atoms with van der Waals surface area (Å²) in [7, 11) is -3.82. The van der Waals surface area contributed by atoms with Gasteiger partial charge in [0.15, 0.2) is 11.5 Å². The smallest absolute Gasteiger partial charge is 0.244 e. The molecule has 1 heterocycles. The van der Waals surface area contributed by atoms with Gasteiger partial charge in [-0.05, 0) is 56.9 Å². The van der Waals surface area contributed by atoms with E-state index in [0.29, 0.717) is 17.2 Å². The van der Waals surface area contributed by atoms with Crippen LogP contribution < -0.4 is 19.1 Å². The third kappa shape index (κ3) is 6.18. The molecule has 1 N–H and O–H groups in total. The van der Waals surface area contributed by atoms with Crippen molar-refractivity contribution in [2.24, 2.45) is 0 Å². The van der Waals surface area contributed by atoms with Crippen LogP contribution in [-0.2, 0) is 26.2 Å². The fourth-order valence-electron chi connectivity index (χ4n) is 4.71. The topological polar surface area (TPSA) is 105 Å². The van der Waals surface area contributed by atoms with Crippen molar-refractivity contribution in [3.8, 4) is 11.5 Å². The molecule has 0 radical (unpaired) electrons. The number of sulfonamides is 1. The van der Waals surface area contributed by atoms with Gasteiger partial charge in [0.2, 0.25) is 28.6 Å². The Balaban J connectivity index is 1.62. The number of rotatable bonds is 10. The van der Waals surface area contributed by atoms with Crippen molar-refractivity contribution >= 4 is 27.5 Å². The SMILES string of the molecule is CCS(=O)(=O)N(CC(=O)N(Cc1ccccc1C)[C@@H](C)C(=O)NC1CCCC1)c1ccc2c(c1)OCO2. The first kappa shape index (κ1) is 26.8. The Kier molecular flexibility index (Phi) is 8.26. The highest BCUT2D eigenvalue weighted by Crippen LogP contribution is 2.36. The maximum Gasteiger partial charge on any atom is 0.244 e. The summed E-state index contributed by atoms with van der Waals surface area (Å²) in [5, 5.41) is 3.07. The lowest BCUT2D eigenvalue weighted by atomic mass is 10.1. The van der Waals surface area contributed by atoms with Crippen molar-refractivity contribution in [1.29, 1.82) is 0 Å². The minimum absolute atomic E-state index is 0.0517. The van der Waals surface area contributed by atoms with Crippen molar-refractivity contribution in [2.45, 2.75) is 65.1 Å². The number of benzene rings is 2. The molecule has 1 atom stereocenters. The second-order valence-electron chi connectivity index (χ2n) is 9.56. The summed E-state index contributed by atoms with van der Waals surface area (Å²) < 4.78 is 38.1. The van der Waals surface area contributed by atoms with Crippen LogP contribution in [0.1, 0.15) is 50.7 Å². The molecule has 0 saturated heterocycles. The first-order chi connectivity index (χ1) is 17.7. The van der Waals surface area contributed by atoms with Gasteiger partial charge in [-0.25, -0.2) is 8.42 Å². The number of fused-ring (bicyclic) bond motifs is 1. The zero-order chi connectivity index (χ0) is 26.6. The highest BCUT2D eigenvalue weighted by atomic mass is 32.2. The maximum atomic E-state index is 13.8. The normalized spacial score (nSPS) is 15.9. The number of carbonyl (C=O) groups is 2. The number of ether oxygens (including phenoxy) is 2. The van der Waals surface area contributed by atoms with Gasteiger partial charge in [0.05, 0.1) is 11.4 Å². The van der Waals surface area contributed by atoms with Gasteiger partial charge in [-0.3, -0.25) is 13.9 Å². The summed E-state index contributed by atoms with van der Waals surface area (Å²) in [4.78, 5) is 28.5. The zero-order valence-corrected chi connectivity index (χ0v) is 22.4. The van der Waals surface area contributed by atoms with Gasteiger partial charge in [-0.15, -0.1) is 0 Å². The largest absolute Gasteiger partial charge is 0.454 e. The molecule has 4 rings (SSSR count). The van der Waals surface area contributed by atoms with E-state index in [4.69, 9.17) is 9.47 Å². The number of aryl methyl sites for hydroxylation is 1. The quantitative estimate of drug-likeness (QED) is 0.506. The van der Waals surface area contributed by atoms with E-state index < -0.39 is 28.5 Å². The Bertz CT molecular complexity index is 1240. The van der Waals surface area contributed by atoms with E-state index in [2.05, 4.69) is 5.32 Å². The lowest BCUT2D eigenvalue weighted by Gasteiger charge is -2.32. The standard InChI is InChI=1S/C27H35N3O6S/c1-4-37(33,34)30(23-13-14-24-25(15-23)36-18-35-24)17-26(31)29(16-21-10-6-5-9-19(21)2)20(3)27(32)28-22-11-7-8-12-22/h5-6,9-10,13-15,20,22H,4,7-8,11-12,16-18H2,1-3H3,(H,28,32)/t20-/m0/s1. The molecule has 37 heavy (non-hydrogen) atoms. The molecule has 200 valence electrons. The first-order valence-corrected chi connectivity index (χ1v) is 14.3. The Morgan fingerprint density at radius 1 is 1.08 bits per heavy atom. The van der Waals surface area contributed by atoms with Crippen LogP contribution in [0, 0.1) is 6.92 Å². The minimum atomic E-state index is -3.82. The highest BCUT2D eigenvalue weighted by Gasteiger charge is 2.32. The molecular weight excluding hydrogens is 494 g/mol. The summed E-state index contributed by atoms with van der Waals surface area (Å²) in [5.41, 5.74) is 2.18. The third-order valence-electron chi connectivity index (χ3n) is 7.09. The van der Waals surface area contributed by atoms with E-state index in [9.17, 15) is 18.0 Å². The van der Waals surface area contributed by atoms with Crippen LogP contribution in [0.3, 0.4) is 0 Å². The van der Waals surface area contributed by atoms with Crippen LogP contribution in [0.5, 0.6) is 11.5 Å². The van der Waals surface area contributed by atoms with Gasteiger partial charge >= 0.3 is 0 Å². The molecule has 0 unspecified atom stereocenters.